The number of nitrogens with zero attached hydrogens (tertiary/aromatic N) is 2. The van der Waals surface area contributed by atoms with Crippen LogP contribution in [0.3, 0.4) is 0 Å². The van der Waals surface area contributed by atoms with Gasteiger partial charge >= 0.3 is 0 Å². The summed E-state index contributed by atoms with van der Waals surface area (Å²) < 4.78 is 18.4. The summed E-state index contributed by atoms with van der Waals surface area (Å²) in [5.74, 6) is 0.780. The predicted octanol–water partition coefficient (Wildman–Crippen LogP) is 5.57. The summed E-state index contributed by atoms with van der Waals surface area (Å²) in [4.78, 5) is 8.98. The van der Waals surface area contributed by atoms with Gasteiger partial charge in [-0.1, -0.05) is 44.5 Å². The zero-order chi connectivity index (χ0) is 18.6. The Labute approximate surface area is 157 Å². The highest BCUT2D eigenvalue weighted by Crippen LogP contribution is 2.17. The molecule has 0 saturated heterocycles. The maximum Gasteiger partial charge on any atom is 0.159 e. The summed E-state index contributed by atoms with van der Waals surface area (Å²) in [5, 5.41) is 0. The lowest BCUT2D eigenvalue weighted by Crippen LogP contribution is -2.09. The van der Waals surface area contributed by atoms with Gasteiger partial charge in [-0.2, -0.15) is 0 Å². The molecule has 0 aliphatic heterocycles. The van der Waals surface area contributed by atoms with Gasteiger partial charge in [-0.05, 0) is 49.7 Å². The summed E-state index contributed by atoms with van der Waals surface area (Å²) in [6, 6.07) is 8.45. The molecule has 1 heterocycles. The van der Waals surface area contributed by atoms with Gasteiger partial charge < -0.3 is 4.74 Å². The van der Waals surface area contributed by atoms with Crippen molar-refractivity contribution in [2.75, 3.05) is 13.2 Å². The number of aryl methyl sites for hydroxylation is 2. The number of unbranched alkanes of at least 4 members (excludes halogenated alkanes) is 2. The molecule has 1 aromatic carbocycles. The average molecular weight is 359 g/mol. The van der Waals surface area contributed by atoms with Crippen LogP contribution in [-0.4, -0.2) is 29.4 Å². The fraction of sp³-hybridized carbons (Fsp3) is 0.545. The van der Waals surface area contributed by atoms with E-state index >= 15 is 0 Å². The van der Waals surface area contributed by atoms with E-state index < -0.39 is 6.17 Å². The maximum atomic E-state index is 13.0. The molecule has 142 valence electrons. The first kappa shape index (κ1) is 20.5. The molecule has 0 bridgehead atoms. The SMILES string of the molecule is CCCCc1cnc(-c2ccc(CCCCOCC(F)CC)cc2)nc1. The molecule has 3 nitrogen and oxygen atoms in total. The van der Waals surface area contributed by atoms with Crippen LogP contribution in [0, 0.1) is 0 Å². The number of rotatable bonds is 12. The number of benzene rings is 1. The second kappa shape index (κ2) is 11.7. The van der Waals surface area contributed by atoms with Crippen LogP contribution >= 0.6 is 0 Å². The summed E-state index contributed by atoms with van der Waals surface area (Å²) in [5.41, 5.74) is 3.55. The van der Waals surface area contributed by atoms with Crippen molar-refractivity contribution in [1.29, 1.82) is 0 Å². The van der Waals surface area contributed by atoms with Crippen LogP contribution in [0.1, 0.15) is 57.1 Å². The molecule has 2 rings (SSSR count). The van der Waals surface area contributed by atoms with Crippen LogP contribution in [0.25, 0.3) is 11.4 Å². The number of hydrogen-bond donors (Lipinski definition) is 0. The third-order valence-corrected chi connectivity index (χ3v) is 4.48. The summed E-state index contributed by atoms with van der Waals surface area (Å²) in [6.45, 7) is 4.89. The molecule has 1 unspecified atom stereocenters. The van der Waals surface area contributed by atoms with E-state index in [2.05, 4.69) is 41.2 Å². The van der Waals surface area contributed by atoms with E-state index in [-0.39, 0.29) is 6.61 Å². The van der Waals surface area contributed by atoms with Crippen molar-refractivity contribution in [2.24, 2.45) is 0 Å². The maximum absolute atomic E-state index is 13.0. The fourth-order valence-electron chi connectivity index (χ4n) is 2.70. The molecule has 0 amide bonds. The van der Waals surface area contributed by atoms with Gasteiger partial charge in [-0.25, -0.2) is 14.4 Å². The zero-order valence-corrected chi connectivity index (χ0v) is 16.1. The van der Waals surface area contributed by atoms with Gasteiger partial charge in [0.1, 0.15) is 6.17 Å². The number of alkyl halides is 1. The molecule has 0 aliphatic rings. The minimum Gasteiger partial charge on any atom is -0.378 e. The minimum absolute atomic E-state index is 0.225. The topological polar surface area (TPSA) is 35.0 Å². The summed E-state index contributed by atoms with van der Waals surface area (Å²) in [7, 11) is 0. The molecule has 2 aromatic rings. The van der Waals surface area contributed by atoms with Crippen molar-refractivity contribution in [3.63, 3.8) is 0 Å². The molecule has 26 heavy (non-hydrogen) atoms. The van der Waals surface area contributed by atoms with Crippen LogP contribution in [0.4, 0.5) is 4.39 Å². The van der Waals surface area contributed by atoms with Crippen molar-refractivity contribution >= 4 is 0 Å². The smallest absolute Gasteiger partial charge is 0.159 e. The Morgan fingerprint density at radius 1 is 0.923 bits per heavy atom. The van der Waals surface area contributed by atoms with E-state index in [0.29, 0.717) is 13.0 Å². The minimum atomic E-state index is -0.828. The van der Waals surface area contributed by atoms with Gasteiger partial charge in [0.15, 0.2) is 5.82 Å². The highest BCUT2D eigenvalue weighted by molar-refractivity contribution is 5.55. The number of aromatic nitrogens is 2. The van der Waals surface area contributed by atoms with E-state index in [4.69, 9.17) is 4.74 Å². The third-order valence-electron chi connectivity index (χ3n) is 4.48. The lowest BCUT2D eigenvalue weighted by molar-refractivity contribution is 0.0768. The third kappa shape index (κ3) is 7.20. The van der Waals surface area contributed by atoms with E-state index in [0.717, 1.165) is 37.1 Å². The Balaban J connectivity index is 1.74. The molecular formula is C22H31FN2O. The Hall–Kier alpha value is -1.81. The first-order valence-electron chi connectivity index (χ1n) is 9.85. The molecule has 0 N–H and O–H groups in total. The largest absolute Gasteiger partial charge is 0.378 e. The monoisotopic (exact) mass is 358 g/mol. The molecule has 1 aromatic heterocycles. The van der Waals surface area contributed by atoms with E-state index in [1.165, 1.54) is 24.0 Å². The lowest BCUT2D eigenvalue weighted by atomic mass is 10.1. The van der Waals surface area contributed by atoms with Gasteiger partial charge in [0.25, 0.3) is 0 Å². The Kier molecular flexibility index (Phi) is 9.26. The van der Waals surface area contributed by atoms with Crippen LogP contribution in [-0.2, 0) is 17.6 Å². The van der Waals surface area contributed by atoms with E-state index in [1.54, 1.807) is 0 Å². The highest BCUT2D eigenvalue weighted by atomic mass is 19.1. The van der Waals surface area contributed by atoms with Crippen LogP contribution in [0.5, 0.6) is 0 Å². The van der Waals surface area contributed by atoms with Crippen molar-refractivity contribution < 1.29 is 9.13 Å². The summed E-state index contributed by atoms with van der Waals surface area (Å²) in [6.07, 6.45) is 9.99. The van der Waals surface area contributed by atoms with Gasteiger partial charge in [-0.3, -0.25) is 0 Å². The van der Waals surface area contributed by atoms with Gasteiger partial charge in [0.2, 0.25) is 0 Å². The highest BCUT2D eigenvalue weighted by Gasteiger charge is 2.04. The molecule has 4 heteroatoms. The molecule has 0 saturated carbocycles. The second-order valence-electron chi connectivity index (χ2n) is 6.75. The number of halogens is 1. The zero-order valence-electron chi connectivity index (χ0n) is 16.1. The van der Waals surface area contributed by atoms with Crippen molar-refractivity contribution in [3.8, 4) is 11.4 Å². The second-order valence-corrected chi connectivity index (χ2v) is 6.75. The fourth-order valence-corrected chi connectivity index (χ4v) is 2.70. The molecule has 0 fully saturated rings. The van der Waals surface area contributed by atoms with Crippen LogP contribution in [0.15, 0.2) is 36.7 Å². The lowest BCUT2D eigenvalue weighted by Gasteiger charge is -2.07. The van der Waals surface area contributed by atoms with Crippen molar-refractivity contribution in [2.45, 2.75) is 65.0 Å². The quantitative estimate of drug-likeness (QED) is 0.465. The Bertz CT molecular complexity index is 613. The number of ether oxygens (including phenoxy) is 1. The van der Waals surface area contributed by atoms with Crippen molar-refractivity contribution in [3.05, 3.63) is 47.8 Å². The molecule has 1 atom stereocenters. The van der Waals surface area contributed by atoms with E-state index in [9.17, 15) is 4.39 Å². The first-order valence-corrected chi connectivity index (χ1v) is 9.85. The normalized spacial score (nSPS) is 12.3. The van der Waals surface area contributed by atoms with Crippen LogP contribution < -0.4 is 0 Å². The van der Waals surface area contributed by atoms with E-state index in [1.807, 2.05) is 19.3 Å². The number of hydrogen-bond acceptors (Lipinski definition) is 3. The summed E-state index contributed by atoms with van der Waals surface area (Å²) >= 11 is 0. The van der Waals surface area contributed by atoms with Gasteiger partial charge in [0, 0.05) is 24.6 Å². The standard InChI is InChI=1S/C22H31FN2O/c1-3-5-8-19-15-24-22(25-16-19)20-12-10-18(11-13-20)9-6-7-14-26-17-21(23)4-2/h10-13,15-16,21H,3-9,14,17H2,1-2H3. The molecule has 0 aliphatic carbocycles. The van der Waals surface area contributed by atoms with Crippen LogP contribution in [0.2, 0.25) is 0 Å². The first-order chi connectivity index (χ1) is 12.7. The van der Waals surface area contributed by atoms with Gasteiger partial charge in [-0.15, -0.1) is 0 Å². The predicted molar refractivity (Wildman–Crippen MR) is 105 cm³/mol. The molecule has 0 spiro atoms. The Morgan fingerprint density at radius 3 is 2.27 bits per heavy atom. The molecule has 0 radical (unpaired) electrons. The average Bonchev–Trinajstić information content (AvgIpc) is 2.69. The molecular weight excluding hydrogens is 327 g/mol. The van der Waals surface area contributed by atoms with Crippen molar-refractivity contribution in [1.82, 2.24) is 9.97 Å². The van der Waals surface area contributed by atoms with Gasteiger partial charge in [0.05, 0.1) is 6.61 Å². The Morgan fingerprint density at radius 2 is 1.62 bits per heavy atom.